The molecule has 7 heteroatoms. The van der Waals surface area contributed by atoms with Gasteiger partial charge >= 0.3 is 0 Å². The van der Waals surface area contributed by atoms with Crippen molar-refractivity contribution in [3.63, 3.8) is 0 Å². The monoisotopic (exact) mass is 423 g/mol. The predicted molar refractivity (Wildman–Crippen MR) is 117 cm³/mol. The first-order valence-corrected chi connectivity index (χ1v) is 10.3. The lowest BCUT2D eigenvalue weighted by Crippen LogP contribution is -2.13. The molecule has 0 aliphatic rings. The van der Waals surface area contributed by atoms with E-state index in [1.165, 1.54) is 5.56 Å². The Bertz CT molecular complexity index is 1260. The molecule has 4 rings (SSSR count). The lowest BCUT2D eigenvalue weighted by atomic mass is 9.98. The summed E-state index contributed by atoms with van der Waals surface area (Å²) in [5, 5.41) is 12.2. The molecule has 1 amide bonds. The molecule has 0 fully saturated rings. The van der Waals surface area contributed by atoms with E-state index in [0.717, 1.165) is 34.9 Å². The van der Waals surface area contributed by atoms with Crippen molar-refractivity contribution in [1.82, 2.24) is 10.3 Å². The van der Waals surface area contributed by atoms with Crippen molar-refractivity contribution in [3.8, 4) is 11.3 Å². The number of rotatable bonds is 5. The summed E-state index contributed by atoms with van der Waals surface area (Å²) in [6.07, 6.45) is 1.71. The van der Waals surface area contributed by atoms with Gasteiger partial charge in [-0.05, 0) is 71.9 Å². The van der Waals surface area contributed by atoms with E-state index in [2.05, 4.69) is 47.7 Å². The minimum absolute atomic E-state index is 0.207. The summed E-state index contributed by atoms with van der Waals surface area (Å²) in [6, 6.07) is 9.87. The number of carbonyl (C=O) groups is 1. The third-order valence-corrected chi connectivity index (χ3v) is 5.77. The molecule has 2 aromatic carbocycles. The van der Waals surface area contributed by atoms with Gasteiger partial charge in [0, 0.05) is 21.5 Å². The van der Waals surface area contributed by atoms with Crippen molar-refractivity contribution in [2.75, 3.05) is 5.32 Å². The van der Waals surface area contributed by atoms with Crippen molar-refractivity contribution < 1.29 is 13.8 Å². The highest BCUT2D eigenvalue weighted by molar-refractivity contribution is 6.32. The Kier molecular flexibility index (Phi) is 5.35. The lowest BCUT2D eigenvalue weighted by molar-refractivity contribution is 0.0997. The number of hydrogen-bond donors (Lipinski definition) is 1. The summed E-state index contributed by atoms with van der Waals surface area (Å²) in [6.45, 7) is 7.88. The van der Waals surface area contributed by atoms with E-state index in [1.54, 1.807) is 0 Å². The smallest absolute Gasteiger partial charge is 0.292 e. The highest BCUT2D eigenvalue weighted by Gasteiger charge is 2.23. The van der Waals surface area contributed by atoms with Gasteiger partial charge in [0.2, 0.25) is 5.82 Å². The van der Waals surface area contributed by atoms with Gasteiger partial charge in [-0.1, -0.05) is 37.6 Å². The molecule has 0 spiro atoms. The van der Waals surface area contributed by atoms with Crippen LogP contribution in [0.15, 0.2) is 39.4 Å². The number of benzene rings is 2. The second-order valence-electron chi connectivity index (χ2n) is 7.27. The van der Waals surface area contributed by atoms with Crippen molar-refractivity contribution in [1.29, 1.82) is 0 Å². The van der Waals surface area contributed by atoms with E-state index in [4.69, 9.17) is 20.6 Å². The Morgan fingerprint density at radius 2 is 1.90 bits per heavy atom. The number of amides is 1. The second-order valence-corrected chi connectivity index (χ2v) is 7.68. The number of nitrogens with one attached hydrogen (secondary N) is 1. The van der Waals surface area contributed by atoms with Crippen LogP contribution in [0.3, 0.4) is 0 Å². The summed E-state index contributed by atoms with van der Waals surface area (Å²) >= 11 is 6.23. The lowest BCUT2D eigenvalue weighted by Gasteiger charge is -2.09. The average Bonchev–Trinajstić information content (AvgIpc) is 3.32. The molecule has 0 radical (unpaired) electrons. The molecule has 0 unspecified atom stereocenters. The van der Waals surface area contributed by atoms with Gasteiger partial charge in [-0.15, -0.1) is 0 Å². The van der Waals surface area contributed by atoms with Crippen molar-refractivity contribution in [2.45, 2.75) is 40.5 Å². The maximum Gasteiger partial charge on any atom is 0.292 e. The van der Waals surface area contributed by atoms with Gasteiger partial charge in [0.05, 0.1) is 0 Å². The van der Waals surface area contributed by atoms with Crippen LogP contribution in [0.25, 0.3) is 22.2 Å². The Balaban J connectivity index is 1.71. The SMILES string of the molecule is CCc1ccc(CC)c(-c2nonc2NC(=O)c2oc3cc(C)c(Cl)cc3c2C)c1. The molecule has 0 aliphatic carbocycles. The Hall–Kier alpha value is -3.12. The van der Waals surface area contributed by atoms with Crippen LogP contribution in [0.4, 0.5) is 5.82 Å². The van der Waals surface area contributed by atoms with Gasteiger partial charge < -0.3 is 4.42 Å². The molecule has 2 aromatic heterocycles. The first-order valence-electron chi connectivity index (χ1n) is 9.88. The molecule has 154 valence electrons. The fraction of sp³-hybridized carbons (Fsp3) is 0.261. The zero-order valence-corrected chi connectivity index (χ0v) is 18.1. The first-order chi connectivity index (χ1) is 14.4. The van der Waals surface area contributed by atoms with Crippen LogP contribution in [0.1, 0.15) is 46.7 Å². The summed E-state index contributed by atoms with van der Waals surface area (Å²) in [7, 11) is 0. The zero-order chi connectivity index (χ0) is 21.4. The molecule has 30 heavy (non-hydrogen) atoms. The molecule has 0 saturated heterocycles. The van der Waals surface area contributed by atoms with E-state index >= 15 is 0 Å². The Labute approximate surface area is 179 Å². The third-order valence-electron chi connectivity index (χ3n) is 5.36. The van der Waals surface area contributed by atoms with Crippen molar-refractivity contribution >= 4 is 34.3 Å². The molecular weight excluding hydrogens is 402 g/mol. The van der Waals surface area contributed by atoms with Gasteiger partial charge in [0.15, 0.2) is 11.5 Å². The highest BCUT2D eigenvalue weighted by atomic mass is 35.5. The fourth-order valence-corrected chi connectivity index (χ4v) is 3.71. The van der Waals surface area contributed by atoms with E-state index in [1.807, 2.05) is 26.0 Å². The average molecular weight is 424 g/mol. The minimum Gasteiger partial charge on any atom is -0.451 e. The summed E-state index contributed by atoms with van der Waals surface area (Å²) in [5.41, 5.74) is 5.88. The van der Waals surface area contributed by atoms with Crippen LogP contribution in [0.2, 0.25) is 5.02 Å². The standard InChI is InChI=1S/C23H22ClN3O3/c1-5-14-7-8-15(6-2)17(10-14)20-22(27-30-26-20)25-23(28)21-13(4)16-11-18(24)12(3)9-19(16)29-21/h7-11H,5-6H2,1-4H3,(H,25,27,28). The summed E-state index contributed by atoms with van der Waals surface area (Å²) in [4.78, 5) is 13.0. The number of aromatic nitrogens is 2. The number of carbonyl (C=O) groups excluding carboxylic acids is 1. The quantitative estimate of drug-likeness (QED) is 0.417. The van der Waals surface area contributed by atoms with Gasteiger partial charge in [0.25, 0.3) is 5.91 Å². The maximum atomic E-state index is 13.0. The zero-order valence-electron chi connectivity index (χ0n) is 17.3. The number of aryl methyl sites for hydroxylation is 4. The van der Waals surface area contributed by atoms with E-state index < -0.39 is 5.91 Å². The molecule has 0 atom stereocenters. The van der Waals surface area contributed by atoms with Crippen LogP contribution in [0.5, 0.6) is 0 Å². The molecular formula is C23H22ClN3O3. The topological polar surface area (TPSA) is 81.2 Å². The fourth-order valence-electron chi connectivity index (χ4n) is 3.54. The van der Waals surface area contributed by atoms with Crippen molar-refractivity contribution in [2.24, 2.45) is 0 Å². The van der Waals surface area contributed by atoms with Crippen LogP contribution in [-0.2, 0) is 12.8 Å². The molecule has 0 bridgehead atoms. The van der Waals surface area contributed by atoms with Gasteiger partial charge in [0.1, 0.15) is 5.58 Å². The molecule has 1 N–H and O–H groups in total. The molecule has 0 aliphatic heterocycles. The highest BCUT2D eigenvalue weighted by Crippen LogP contribution is 2.32. The number of anilines is 1. The predicted octanol–water partition coefficient (Wildman–Crippen LogP) is 6.13. The third kappa shape index (κ3) is 3.48. The van der Waals surface area contributed by atoms with Crippen LogP contribution >= 0.6 is 11.6 Å². The van der Waals surface area contributed by atoms with Gasteiger partial charge in [-0.25, -0.2) is 4.63 Å². The minimum atomic E-state index is -0.417. The van der Waals surface area contributed by atoms with Gasteiger partial charge in [-0.3, -0.25) is 10.1 Å². The number of nitrogens with zero attached hydrogens (tertiary/aromatic N) is 2. The maximum absolute atomic E-state index is 13.0. The first kappa shape index (κ1) is 20.2. The molecule has 6 nitrogen and oxygen atoms in total. The second kappa shape index (κ2) is 7.95. The Morgan fingerprint density at radius 1 is 1.10 bits per heavy atom. The Morgan fingerprint density at radius 3 is 2.63 bits per heavy atom. The molecule has 4 aromatic rings. The largest absolute Gasteiger partial charge is 0.451 e. The number of halogens is 1. The van der Waals surface area contributed by atoms with Crippen LogP contribution < -0.4 is 5.32 Å². The van der Waals surface area contributed by atoms with Gasteiger partial charge in [-0.2, -0.15) is 0 Å². The van der Waals surface area contributed by atoms with Crippen molar-refractivity contribution in [3.05, 3.63) is 63.4 Å². The van der Waals surface area contributed by atoms with E-state index in [-0.39, 0.29) is 11.6 Å². The van der Waals surface area contributed by atoms with Crippen LogP contribution in [-0.4, -0.2) is 16.2 Å². The molecule has 0 saturated carbocycles. The summed E-state index contributed by atoms with van der Waals surface area (Å²) < 4.78 is 10.8. The molecule has 2 heterocycles. The number of hydrogen-bond acceptors (Lipinski definition) is 5. The summed E-state index contributed by atoms with van der Waals surface area (Å²) in [5.74, 6) is 0.0507. The van der Waals surface area contributed by atoms with E-state index in [9.17, 15) is 4.79 Å². The number of furan rings is 1. The number of fused-ring (bicyclic) bond motifs is 1. The van der Waals surface area contributed by atoms with Crippen LogP contribution in [0, 0.1) is 13.8 Å². The normalized spacial score (nSPS) is 11.2. The van der Waals surface area contributed by atoms with E-state index in [0.29, 0.717) is 21.9 Å².